The molecule has 0 bridgehead atoms. The zero-order valence-electron chi connectivity index (χ0n) is 23.0. The maximum absolute atomic E-state index is 13.1. The van der Waals surface area contributed by atoms with E-state index >= 15 is 0 Å². The molecule has 1 aliphatic heterocycles. The molecule has 4 heterocycles. The molecule has 230 valence electrons. The molecule has 16 heteroatoms. The van der Waals surface area contributed by atoms with Gasteiger partial charge in [0.2, 0.25) is 5.91 Å². The summed E-state index contributed by atoms with van der Waals surface area (Å²) in [6, 6.07) is 1.69. The topological polar surface area (TPSA) is 150 Å². The van der Waals surface area contributed by atoms with E-state index in [9.17, 15) is 32.7 Å². The lowest BCUT2D eigenvalue weighted by molar-refractivity contribution is -0.137. The van der Waals surface area contributed by atoms with Gasteiger partial charge in [0, 0.05) is 30.9 Å². The molecule has 0 aliphatic carbocycles. The number of halogens is 4. The summed E-state index contributed by atoms with van der Waals surface area (Å²) in [7, 11) is 0. The number of nitrogens with one attached hydrogen (secondary N) is 2. The summed E-state index contributed by atoms with van der Waals surface area (Å²) in [5.74, 6) is -1.71. The molecule has 3 N–H and O–H groups in total. The molecule has 2 atom stereocenters. The second-order valence-corrected chi connectivity index (χ2v) is 11.4. The van der Waals surface area contributed by atoms with E-state index in [1.807, 2.05) is 0 Å². The van der Waals surface area contributed by atoms with E-state index in [1.54, 1.807) is 17.9 Å². The molecule has 1 saturated heterocycles. The minimum Gasteiger partial charge on any atom is -0.387 e. The average Bonchev–Trinajstić information content (AvgIpc) is 3.51. The van der Waals surface area contributed by atoms with E-state index in [4.69, 9.17) is 11.6 Å². The van der Waals surface area contributed by atoms with Crippen LogP contribution in [0.1, 0.15) is 87.4 Å². The minimum atomic E-state index is -4.71. The Morgan fingerprint density at radius 3 is 2.56 bits per heavy atom. The highest BCUT2D eigenvalue weighted by molar-refractivity contribution is 7.13. The molecule has 3 aromatic heterocycles. The molecule has 0 aromatic carbocycles. The fourth-order valence-corrected chi connectivity index (χ4v) is 5.70. The molecule has 4 rings (SSSR count). The van der Waals surface area contributed by atoms with Gasteiger partial charge in [-0.1, -0.05) is 18.0 Å². The number of hydrogen-bond donors (Lipinski definition) is 3. The summed E-state index contributed by atoms with van der Waals surface area (Å²) in [5.41, 5.74) is -0.232. The van der Waals surface area contributed by atoms with Crippen LogP contribution in [0.15, 0.2) is 30.9 Å². The Hall–Kier alpha value is -3.69. The van der Waals surface area contributed by atoms with Crippen molar-refractivity contribution in [2.45, 2.75) is 57.2 Å². The van der Waals surface area contributed by atoms with Crippen LogP contribution in [0.5, 0.6) is 0 Å². The zero-order valence-corrected chi connectivity index (χ0v) is 24.6. The Labute approximate surface area is 253 Å². The maximum Gasteiger partial charge on any atom is 0.418 e. The van der Waals surface area contributed by atoms with E-state index < -0.39 is 41.2 Å². The monoisotopic (exact) mass is 639 g/mol. The normalized spacial score (nSPS) is 16.9. The number of hydrogen-bond acceptors (Lipinski definition) is 9. The van der Waals surface area contributed by atoms with E-state index in [1.165, 1.54) is 12.5 Å². The first kappa shape index (κ1) is 32.2. The predicted octanol–water partition coefficient (Wildman–Crippen LogP) is 4.61. The Morgan fingerprint density at radius 2 is 1.81 bits per heavy atom. The lowest BCUT2D eigenvalue weighted by Gasteiger charge is -2.21. The van der Waals surface area contributed by atoms with Crippen LogP contribution >= 0.6 is 22.9 Å². The third-order valence-electron chi connectivity index (χ3n) is 6.91. The van der Waals surface area contributed by atoms with Crippen LogP contribution in [0.3, 0.4) is 0 Å². The molecule has 11 nitrogen and oxygen atoms in total. The number of aliphatic hydroxyl groups excluding tert-OH is 1. The quantitative estimate of drug-likeness (QED) is 0.339. The summed E-state index contributed by atoms with van der Waals surface area (Å²) in [4.78, 5) is 55.8. The molecule has 1 aliphatic rings. The number of pyridine rings is 1. The van der Waals surface area contributed by atoms with Crippen molar-refractivity contribution in [1.29, 1.82) is 0 Å². The Kier molecular flexibility index (Phi) is 10.6. The van der Waals surface area contributed by atoms with Crippen molar-refractivity contribution in [1.82, 2.24) is 30.2 Å². The molecule has 3 amide bonds. The van der Waals surface area contributed by atoms with E-state index in [2.05, 4.69) is 30.6 Å². The fraction of sp³-hybridized carbons (Fsp3) is 0.444. The highest BCUT2D eigenvalue weighted by Crippen LogP contribution is 2.35. The van der Waals surface area contributed by atoms with Crippen molar-refractivity contribution in [3.05, 3.63) is 62.7 Å². The molecular formula is C27H29ClF3N7O4S. The molecule has 43 heavy (non-hydrogen) atoms. The first-order valence-corrected chi connectivity index (χ1v) is 14.7. The van der Waals surface area contributed by atoms with E-state index in [-0.39, 0.29) is 28.2 Å². The number of amides is 3. The zero-order chi connectivity index (χ0) is 31.1. The molecular weight excluding hydrogens is 611 g/mol. The van der Waals surface area contributed by atoms with Gasteiger partial charge in [-0.15, -0.1) is 11.3 Å². The van der Waals surface area contributed by atoms with Crippen molar-refractivity contribution >= 4 is 46.5 Å². The SMILES string of the molecule is C[C@@H](NC(=O)c1cc(C2CCCCN(C(=O)CO)CCC2)ncn1)c1ncc(C(=O)Nc2cc(C(F)(F)F)c(Cl)cn2)s1. The van der Waals surface area contributed by atoms with E-state index in [0.717, 1.165) is 55.3 Å². The highest BCUT2D eigenvalue weighted by Gasteiger charge is 2.34. The van der Waals surface area contributed by atoms with Crippen LogP contribution < -0.4 is 10.6 Å². The number of thiazole rings is 1. The Bertz CT molecular complexity index is 1470. The van der Waals surface area contributed by atoms with Crippen LogP contribution in [0, 0.1) is 0 Å². The molecule has 3 aromatic rings. The number of nitrogens with zero attached hydrogens (tertiary/aromatic N) is 5. The predicted molar refractivity (Wildman–Crippen MR) is 152 cm³/mol. The lowest BCUT2D eigenvalue weighted by atomic mass is 9.93. The number of alkyl halides is 3. The average molecular weight is 640 g/mol. The summed E-state index contributed by atoms with van der Waals surface area (Å²) >= 11 is 6.54. The summed E-state index contributed by atoms with van der Waals surface area (Å²) in [6.45, 7) is 2.31. The van der Waals surface area contributed by atoms with Crippen LogP contribution in [-0.4, -0.2) is 67.4 Å². The second-order valence-electron chi connectivity index (χ2n) is 9.96. The van der Waals surface area contributed by atoms with E-state index in [0.29, 0.717) is 24.2 Å². The number of aliphatic hydroxyl groups is 1. The minimum absolute atomic E-state index is 0.0820. The number of carbonyl (C=O) groups excluding carboxylic acids is 3. The van der Waals surface area contributed by atoms with Crippen LogP contribution in [-0.2, 0) is 11.0 Å². The molecule has 0 radical (unpaired) electrons. The van der Waals surface area contributed by atoms with Crippen molar-refractivity contribution in [3.8, 4) is 0 Å². The van der Waals surface area contributed by atoms with Gasteiger partial charge in [0.1, 0.15) is 34.3 Å². The van der Waals surface area contributed by atoms with Crippen molar-refractivity contribution in [2.24, 2.45) is 0 Å². The molecule has 0 saturated carbocycles. The van der Waals surface area contributed by atoms with Crippen molar-refractivity contribution in [3.63, 3.8) is 0 Å². The van der Waals surface area contributed by atoms with Crippen LogP contribution in [0.25, 0.3) is 0 Å². The van der Waals surface area contributed by atoms with Gasteiger partial charge in [-0.05, 0) is 44.7 Å². The smallest absolute Gasteiger partial charge is 0.387 e. The number of aromatic nitrogens is 4. The van der Waals surface area contributed by atoms with Crippen molar-refractivity contribution in [2.75, 3.05) is 25.0 Å². The maximum atomic E-state index is 13.1. The second kappa shape index (κ2) is 14.2. The van der Waals surface area contributed by atoms with Gasteiger partial charge in [0.25, 0.3) is 11.8 Å². The number of carbonyl (C=O) groups is 3. The van der Waals surface area contributed by atoms with Gasteiger partial charge in [-0.3, -0.25) is 14.4 Å². The lowest BCUT2D eigenvalue weighted by Crippen LogP contribution is -2.34. The summed E-state index contributed by atoms with van der Waals surface area (Å²) < 4.78 is 39.4. The van der Waals surface area contributed by atoms with Gasteiger partial charge in [-0.2, -0.15) is 13.2 Å². The standard InChI is InChI=1S/C27H29ClF3N7O4S/c1-15(26-33-12-21(43-26)25(42)37-22-9-17(27(29,30)31)18(28)11-32-22)36-24(41)20-10-19(34-14-35-20)16-5-2-3-7-38(8-4-6-16)23(40)13-39/h9-12,14-16,39H,2-8,13H2,1H3,(H,36,41)(H,32,37,42)/t15-,16?/m1/s1. The van der Waals surface area contributed by atoms with Crippen molar-refractivity contribution < 1.29 is 32.7 Å². The molecule has 1 unspecified atom stereocenters. The third kappa shape index (κ3) is 8.45. The largest absolute Gasteiger partial charge is 0.418 e. The molecule has 1 fully saturated rings. The van der Waals surface area contributed by atoms with Gasteiger partial charge in [0.05, 0.1) is 22.8 Å². The Morgan fingerprint density at radius 1 is 1.07 bits per heavy atom. The Balaban J connectivity index is 1.37. The van der Waals surface area contributed by atoms with Crippen LogP contribution in [0.4, 0.5) is 19.0 Å². The number of anilines is 1. The molecule has 0 spiro atoms. The van der Waals surface area contributed by atoms with Gasteiger partial charge in [-0.25, -0.2) is 19.9 Å². The van der Waals surface area contributed by atoms with Gasteiger partial charge < -0.3 is 20.6 Å². The number of rotatable bonds is 7. The first-order chi connectivity index (χ1) is 20.5. The first-order valence-electron chi connectivity index (χ1n) is 13.5. The fourth-order valence-electron chi connectivity index (χ4n) is 4.67. The van der Waals surface area contributed by atoms with Gasteiger partial charge in [0.15, 0.2) is 0 Å². The summed E-state index contributed by atoms with van der Waals surface area (Å²) in [6.07, 6.45) is 2.68. The highest BCUT2D eigenvalue weighted by atomic mass is 35.5. The van der Waals surface area contributed by atoms with Crippen LogP contribution in [0.2, 0.25) is 5.02 Å². The third-order valence-corrected chi connectivity index (χ3v) is 8.39. The summed E-state index contributed by atoms with van der Waals surface area (Å²) in [5, 5.41) is 14.1. The van der Waals surface area contributed by atoms with Gasteiger partial charge >= 0.3 is 6.18 Å².